The van der Waals surface area contributed by atoms with E-state index in [9.17, 15) is 9.59 Å². The number of carbonyl (C=O) groups excluding carboxylic acids is 2. The molecule has 0 atom stereocenters. The van der Waals surface area contributed by atoms with Gasteiger partial charge in [0.1, 0.15) is 5.78 Å². The molecule has 0 fully saturated rings. The van der Waals surface area contributed by atoms with Gasteiger partial charge in [-0.1, -0.05) is 0 Å². The van der Waals surface area contributed by atoms with Crippen LogP contribution in [0.25, 0.3) is 0 Å². The average Bonchev–Trinajstić information content (AvgIpc) is 2.61. The zero-order chi connectivity index (χ0) is 12.0. The number of ketones is 2. The fourth-order valence-electron chi connectivity index (χ4n) is 2.85. The molecule has 0 saturated carbocycles. The summed E-state index contributed by atoms with van der Waals surface area (Å²) in [7, 11) is 0. The third-order valence-corrected chi connectivity index (χ3v) is 3.69. The number of rotatable bonds is 1. The fourth-order valence-corrected chi connectivity index (χ4v) is 2.85. The van der Waals surface area contributed by atoms with Gasteiger partial charge >= 0.3 is 0 Å². The molecule has 1 aromatic carbocycles. The molecule has 0 N–H and O–H groups in total. The van der Waals surface area contributed by atoms with Crippen molar-refractivity contribution in [2.75, 3.05) is 18.0 Å². The third-order valence-electron chi connectivity index (χ3n) is 3.69. The van der Waals surface area contributed by atoms with Gasteiger partial charge in [-0.25, -0.2) is 0 Å². The average molecular weight is 229 g/mol. The quantitative estimate of drug-likeness (QED) is 0.689. The van der Waals surface area contributed by atoms with Crippen LogP contribution in [0.15, 0.2) is 12.1 Å². The van der Waals surface area contributed by atoms with Crippen molar-refractivity contribution in [2.45, 2.75) is 26.2 Å². The lowest BCUT2D eigenvalue weighted by atomic mass is 9.98. The van der Waals surface area contributed by atoms with Gasteiger partial charge in [0.05, 0.1) is 0 Å². The van der Waals surface area contributed by atoms with E-state index in [0.717, 1.165) is 30.6 Å². The molecule has 0 aliphatic carbocycles. The maximum atomic E-state index is 11.7. The second-order valence-electron chi connectivity index (χ2n) is 4.90. The third kappa shape index (κ3) is 1.66. The van der Waals surface area contributed by atoms with Crippen LogP contribution in [-0.4, -0.2) is 24.7 Å². The highest BCUT2D eigenvalue weighted by Gasteiger charge is 2.27. The smallest absolute Gasteiger partial charge is 0.159 e. The number of benzene rings is 1. The number of Topliss-reactive ketones (excluding diaryl/α,β-unsaturated/α-hetero) is 2. The Kier molecular flexibility index (Phi) is 2.28. The molecule has 3 rings (SSSR count). The number of nitrogens with zero attached hydrogens (tertiary/aromatic N) is 1. The van der Waals surface area contributed by atoms with Crippen molar-refractivity contribution in [3.8, 4) is 0 Å². The van der Waals surface area contributed by atoms with Gasteiger partial charge < -0.3 is 4.90 Å². The molecule has 0 unspecified atom stereocenters. The molecule has 0 bridgehead atoms. The summed E-state index contributed by atoms with van der Waals surface area (Å²) in [4.78, 5) is 25.5. The molecule has 2 aliphatic rings. The van der Waals surface area contributed by atoms with Gasteiger partial charge in [-0.3, -0.25) is 9.59 Å². The van der Waals surface area contributed by atoms with Crippen LogP contribution in [0.3, 0.4) is 0 Å². The summed E-state index contributed by atoms with van der Waals surface area (Å²) in [6.45, 7) is 3.40. The first kappa shape index (κ1) is 10.5. The molecule has 3 nitrogen and oxygen atoms in total. The molecule has 0 aromatic heterocycles. The van der Waals surface area contributed by atoms with Crippen LogP contribution >= 0.6 is 0 Å². The first-order chi connectivity index (χ1) is 8.15. The summed E-state index contributed by atoms with van der Waals surface area (Å²) >= 11 is 0. The molecule has 3 heteroatoms. The van der Waals surface area contributed by atoms with Gasteiger partial charge in [-0.15, -0.1) is 0 Å². The summed E-state index contributed by atoms with van der Waals surface area (Å²) in [6, 6.07) is 3.90. The van der Waals surface area contributed by atoms with E-state index in [2.05, 4.69) is 4.90 Å². The van der Waals surface area contributed by atoms with Crippen LogP contribution in [0, 0.1) is 0 Å². The van der Waals surface area contributed by atoms with E-state index in [-0.39, 0.29) is 11.6 Å². The van der Waals surface area contributed by atoms with E-state index in [0.29, 0.717) is 12.8 Å². The molecule has 0 spiro atoms. The monoisotopic (exact) mass is 229 g/mol. The molecular formula is C14H15NO2. The minimum Gasteiger partial charge on any atom is -0.370 e. The minimum absolute atomic E-state index is 0.0826. The maximum absolute atomic E-state index is 11.7. The summed E-state index contributed by atoms with van der Waals surface area (Å²) in [5.41, 5.74) is 4.26. The van der Waals surface area contributed by atoms with Crippen molar-refractivity contribution < 1.29 is 9.59 Å². The zero-order valence-electron chi connectivity index (χ0n) is 9.95. The van der Waals surface area contributed by atoms with Crippen LogP contribution < -0.4 is 4.90 Å². The molecular weight excluding hydrogens is 214 g/mol. The van der Waals surface area contributed by atoms with Crippen molar-refractivity contribution in [2.24, 2.45) is 0 Å². The topological polar surface area (TPSA) is 37.4 Å². The van der Waals surface area contributed by atoms with Gasteiger partial charge in [0.25, 0.3) is 0 Å². The summed E-state index contributed by atoms with van der Waals surface area (Å²) in [5.74, 6) is 0.362. The Bertz CT molecular complexity index is 519. The largest absolute Gasteiger partial charge is 0.370 e. The van der Waals surface area contributed by atoms with Crippen LogP contribution in [0.1, 0.15) is 34.8 Å². The van der Waals surface area contributed by atoms with E-state index in [1.807, 2.05) is 12.1 Å². The van der Waals surface area contributed by atoms with E-state index < -0.39 is 0 Å². The minimum atomic E-state index is 0.0826. The molecule has 17 heavy (non-hydrogen) atoms. The van der Waals surface area contributed by atoms with Gasteiger partial charge in [-0.05, 0) is 36.6 Å². The standard InChI is InChI=1S/C14H15NO2/c1-9(16)11-6-10-2-4-15-5-3-13(17)8-12(7-11)14(10)15/h6-7H,2-5,8H2,1H3. The van der Waals surface area contributed by atoms with Crippen LogP contribution in [0.5, 0.6) is 0 Å². The van der Waals surface area contributed by atoms with Gasteiger partial charge in [-0.2, -0.15) is 0 Å². The highest BCUT2D eigenvalue weighted by atomic mass is 16.1. The number of hydrogen-bond acceptors (Lipinski definition) is 3. The van der Waals surface area contributed by atoms with Gasteiger partial charge in [0.15, 0.2) is 5.78 Å². The lowest BCUT2D eigenvalue weighted by molar-refractivity contribution is -0.118. The van der Waals surface area contributed by atoms with Gasteiger partial charge in [0.2, 0.25) is 0 Å². The summed E-state index contributed by atoms with van der Waals surface area (Å²) in [5, 5.41) is 0. The van der Waals surface area contributed by atoms with Crippen LogP contribution in [0.2, 0.25) is 0 Å². The lowest BCUT2D eigenvalue weighted by Gasteiger charge is -2.18. The van der Waals surface area contributed by atoms with Crippen molar-refractivity contribution in [1.29, 1.82) is 0 Å². The molecule has 0 radical (unpaired) electrons. The Labute approximate surface area is 100 Å². The molecule has 2 aliphatic heterocycles. The van der Waals surface area contributed by atoms with Crippen molar-refractivity contribution in [3.63, 3.8) is 0 Å². The normalized spacial score (nSPS) is 17.9. The predicted molar refractivity (Wildman–Crippen MR) is 65.7 cm³/mol. The lowest BCUT2D eigenvalue weighted by Crippen LogP contribution is -2.21. The zero-order valence-corrected chi connectivity index (χ0v) is 9.95. The molecule has 2 heterocycles. The molecule has 0 amide bonds. The first-order valence-electron chi connectivity index (χ1n) is 6.08. The van der Waals surface area contributed by atoms with Crippen molar-refractivity contribution in [3.05, 3.63) is 28.8 Å². The summed E-state index contributed by atoms with van der Waals surface area (Å²) < 4.78 is 0. The number of carbonyl (C=O) groups is 2. The van der Waals surface area contributed by atoms with E-state index in [4.69, 9.17) is 0 Å². The number of hydrogen-bond donors (Lipinski definition) is 0. The number of anilines is 1. The second kappa shape index (κ2) is 3.69. The Hall–Kier alpha value is -1.64. The van der Waals surface area contributed by atoms with Crippen LogP contribution in [-0.2, 0) is 17.6 Å². The van der Waals surface area contributed by atoms with Gasteiger partial charge in [0, 0.05) is 37.2 Å². The fraction of sp³-hybridized carbons (Fsp3) is 0.429. The Morgan fingerprint density at radius 3 is 2.65 bits per heavy atom. The van der Waals surface area contributed by atoms with E-state index in [1.54, 1.807) is 6.92 Å². The summed E-state index contributed by atoms with van der Waals surface area (Å²) in [6.07, 6.45) is 2.11. The van der Waals surface area contributed by atoms with E-state index >= 15 is 0 Å². The van der Waals surface area contributed by atoms with E-state index in [1.165, 1.54) is 11.3 Å². The molecule has 1 aromatic rings. The molecule has 88 valence electrons. The Balaban J connectivity index is 2.17. The molecule has 0 saturated heterocycles. The highest BCUT2D eigenvalue weighted by molar-refractivity contribution is 5.96. The first-order valence-corrected chi connectivity index (χ1v) is 6.08. The highest BCUT2D eigenvalue weighted by Crippen LogP contribution is 2.35. The Morgan fingerprint density at radius 2 is 1.88 bits per heavy atom. The van der Waals surface area contributed by atoms with Crippen LogP contribution in [0.4, 0.5) is 5.69 Å². The SMILES string of the molecule is CC(=O)c1cc2c3c(c1)CC(=O)CCN3CC2. The van der Waals surface area contributed by atoms with Crippen molar-refractivity contribution in [1.82, 2.24) is 0 Å². The van der Waals surface area contributed by atoms with Crippen molar-refractivity contribution >= 4 is 17.3 Å². The second-order valence-corrected chi connectivity index (χ2v) is 4.90. The maximum Gasteiger partial charge on any atom is 0.159 e. The Morgan fingerprint density at radius 1 is 1.18 bits per heavy atom. The predicted octanol–water partition coefficient (Wildman–Crippen LogP) is 1.77.